The second kappa shape index (κ2) is 8.41. The summed E-state index contributed by atoms with van der Waals surface area (Å²) in [5, 5.41) is 7.43. The third-order valence-corrected chi connectivity index (χ3v) is 5.56. The van der Waals surface area contributed by atoms with Gasteiger partial charge in [0, 0.05) is 30.1 Å². The summed E-state index contributed by atoms with van der Waals surface area (Å²) in [6.07, 6.45) is 1.49. The Kier molecular flexibility index (Phi) is 5.25. The van der Waals surface area contributed by atoms with Gasteiger partial charge in [0.1, 0.15) is 22.9 Å². The zero-order chi connectivity index (χ0) is 24.7. The van der Waals surface area contributed by atoms with Gasteiger partial charge in [0.05, 0.1) is 11.1 Å². The number of hydrogen-bond donors (Lipinski definition) is 2. The lowest BCUT2D eigenvalue weighted by atomic mass is 10.1. The predicted octanol–water partition coefficient (Wildman–Crippen LogP) is 3.04. The van der Waals surface area contributed by atoms with Crippen LogP contribution in [0, 0.1) is 6.92 Å². The van der Waals surface area contributed by atoms with Crippen molar-refractivity contribution in [1.82, 2.24) is 19.3 Å². The van der Waals surface area contributed by atoms with Crippen LogP contribution in [0.5, 0.6) is 0 Å². The Labute approximate surface area is 198 Å². The number of fused-ring (bicyclic) bond motifs is 1. The molecule has 0 atom stereocenters. The minimum Gasteiger partial charge on any atom is -0.456 e. The number of nitrogens with two attached hydrogens (primary N) is 1. The number of amides is 2. The number of furan rings is 1. The van der Waals surface area contributed by atoms with Crippen LogP contribution in [0.25, 0.3) is 28.0 Å². The van der Waals surface area contributed by atoms with Gasteiger partial charge in [0.25, 0.3) is 5.91 Å². The number of benzene rings is 2. The van der Waals surface area contributed by atoms with Crippen LogP contribution in [0.1, 0.15) is 26.7 Å². The molecule has 0 aliphatic heterocycles. The summed E-state index contributed by atoms with van der Waals surface area (Å²) < 4.78 is 8.78. The van der Waals surface area contributed by atoms with Crippen LogP contribution in [0.2, 0.25) is 0 Å². The van der Waals surface area contributed by atoms with E-state index in [9.17, 15) is 14.4 Å². The molecule has 2 amide bonds. The van der Waals surface area contributed by atoms with E-state index < -0.39 is 11.8 Å². The van der Waals surface area contributed by atoms with E-state index in [2.05, 4.69) is 15.4 Å². The van der Waals surface area contributed by atoms with Crippen LogP contribution in [0.4, 0.5) is 5.69 Å². The predicted molar refractivity (Wildman–Crippen MR) is 129 cm³/mol. The zero-order valence-electron chi connectivity index (χ0n) is 18.9. The molecule has 3 aromatic heterocycles. The molecule has 0 aliphatic rings. The molecule has 35 heavy (non-hydrogen) atoms. The van der Waals surface area contributed by atoms with Gasteiger partial charge in [0.15, 0.2) is 0 Å². The van der Waals surface area contributed by atoms with Gasteiger partial charge in [-0.25, -0.2) is 14.0 Å². The minimum absolute atomic E-state index is 0.177. The van der Waals surface area contributed by atoms with E-state index in [1.165, 1.54) is 21.5 Å². The highest BCUT2D eigenvalue weighted by molar-refractivity contribution is 6.11. The molecule has 5 aromatic rings. The number of nitrogens with one attached hydrogen (secondary N) is 1. The fourth-order valence-electron chi connectivity index (χ4n) is 3.89. The maximum Gasteiger partial charge on any atom is 0.350 e. The second-order valence-electron chi connectivity index (χ2n) is 7.92. The summed E-state index contributed by atoms with van der Waals surface area (Å²) >= 11 is 0. The van der Waals surface area contributed by atoms with Gasteiger partial charge < -0.3 is 15.5 Å². The maximum absolute atomic E-state index is 13.0. The molecule has 2 aromatic carbocycles. The maximum atomic E-state index is 13.0. The molecule has 0 aliphatic carbocycles. The third kappa shape index (κ3) is 3.97. The number of carbonyl (C=O) groups is 2. The van der Waals surface area contributed by atoms with Crippen LogP contribution >= 0.6 is 0 Å². The van der Waals surface area contributed by atoms with Crippen LogP contribution in [0.3, 0.4) is 0 Å². The Morgan fingerprint density at radius 3 is 2.51 bits per heavy atom. The number of rotatable bonds is 5. The minimum atomic E-state index is -0.588. The SMILES string of the molecule is Cc1nn(C)c(=O)n1-c1ccc(-c2cc3c(C(=O)Nc4cccc(C(N)=O)c4)nccc3o2)cc1. The second-order valence-corrected chi connectivity index (χ2v) is 7.92. The molecular weight excluding hydrogens is 448 g/mol. The summed E-state index contributed by atoms with van der Waals surface area (Å²) in [7, 11) is 1.60. The van der Waals surface area contributed by atoms with Gasteiger partial charge in [-0.15, -0.1) is 0 Å². The Balaban J connectivity index is 1.46. The first-order valence-corrected chi connectivity index (χ1v) is 10.6. The van der Waals surface area contributed by atoms with E-state index in [-0.39, 0.29) is 16.9 Å². The van der Waals surface area contributed by atoms with Gasteiger partial charge in [-0.2, -0.15) is 5.10 Å². The standard InChI is InChI=1S/C25H20N6O4/c1-14-29-30(2)25(34)31(14)18-8-6-15(7-9-18)21-13-19-20(35-21)10-11-27-22(19)24(33)28-17-5-3-4-16(12-17)23(26)32/h3-13H,1-2H3,(H2,26,32)(H,28,33). The number of nitrogens with zero attached hydrogens (tertiary/aromatic N) is 4. The van der Waals surface area contributed by atoms with Crippen molar-refractivity contribution in [3.8, 4) is 17.0 Å². The first-order valence-electron chi connectivity index (χ1n) is 10.6. The normalized spacial score (nSPS) is 11.0. The van der Waals surface area contributed by atoms with Crippen LogP contribution in [-0.4, -0.2) is 31.1 Å². The van der Waals surface area contributed by atoms with Gasteiger partial charge in [0.2, 0.25) is 5.91 Å². The molecule has 5 rings (SSSR count). The van der Waals surface area contributed by atoms with Gasteiger partial charge in [-0.1, -0.05) is 6.07 Å². The van der Waals surface area contributed by atoms with E-state index in [0.29, 0.717) is 33.9 Å². The van der Waals surface area contributed by atoms with Crippen LogP contribution in [0.15, 0.2) is 76.1 Å². The fourth-order valence-corrected chi connectivity index (χ4v) is 3.89. The van der Waals surface area contributed by atoms with Crippen molar-refractivity contribution in [2.75, 3.05) is 5.32 Å². The van der Waals surface area contributed by atoms with Crippen LogP contribution in [-0.2, 0) is 7.05 Å². The van der Waals surface area contributed by atoms with E-state index in [4.69, 9.17) is 10.2 Å². The lowest BCUT2D eigenvalue weighted by Crippen LogP contribution is -2.21. The van der Waals surface area contributed by atoms with Crippen molar-refractivity contribution < 1.29 is 14.0 Å². The quantitative estimate of drug-likeness (QED) is 0.407. The summed E-state index contributed by atoms with van der Waals surface area (Å²) in [5.41, 5.74) is 7.91. The zero-order valence-corrected chi connectivity index (χ0v) is 18.9. The largest absolute Gasteiger partial charge is 0.456 e. The summed E-state index contributed by atoms with van der Waals surface area (Å²) in [5.74, 6) is 0.0818. The molecule has 0 fully saturated rings. The average Bonchev–Trinajstić information content (AvgIpc) is 3.39. The molecule has 10 nitrogen and oxygen atoms in total. The third-order valence-electron chi connectivity index (χ3n) is 5.56. The molecule has 0 saturated carbocycles. The van der Waals surface area contributed by atoms with Gasteiger partial charge in [-0.05, 0) is 61.5 Å². The number of hydrogen-bond acceptors (Lipinski definition) is 6. The topological polar surface area (TPSA) is 138 Å². The molecule has 3 N–H and O–H groups in total. The Hall–Kier alpha value is -4.99. The highest BCUT2D eigenvalue weighted by Gasteiger charge is 2.17. The molecule has 0 radical (unpaired) electrons. The smallest absolute Gasteiger partial charge is 0.350 e. The number of pyridine rings is 1. The first-order chi connectivity index (χ1) is 16.8. The number of aromatic nitrogens is 4. The van der Waals surface area contributed by atoms with Crippen molar-refractivity contribution in [3.63, 3.8) is 0 Å². The fraction of sp³-hybridized carbons (Fsp3) is 0.0800. The highest BCUT2D eigenvalue weighted by atomic mass is 16.3. The van der Waals surface area contributed by atoms with Crippen molar-refractivity contribution in [2.45, 2.75) is 6.92 Å². The Morgan fingerprint density at radius 2 is 1.83 bits per heavy atom. The molecule has 0 spiro atoms. The number of aryl methyl sites for hydroxylation is 2. The Bertz CT molecular complexity index is 1660. The number of primary amides is 1. The molecule has 3 heterocycles. The number of carbonyl (C=O) groups excluding carboxylic acids is 2. The lowest BCUT2D eigenvalue weighted by Gasteiger charge is -2.06. The van der Waals surface area contributed by atoms with E-state index in [1.807, 2.05) is 12.1 Å². The van der Waals surface area contributed by atoms with Gasteiger partial charge >= 0.3 is 5.69 Å². The van der Waals surface area contributed by atoms with Crippen molar-refractivity contribution in [2.24, 2.45) is 12.8 Å². The average molecular weight is 468 g/mol. The molecule has 0 bridgehead atoms. The van der Waals surface area contributed by atoms with Crippen molar-refractivity contribution >= 4 is 28.5 Å². The highest BCUT2D eigenvalue weighted by Crippen LogP contribution is 2.30. The Morgan fingerprint density at radius 1 is 1.06 bits per heavy atom. The molecule has 174 valence electrons. The van der Waals surface area contributed by atoms with E-state index in [1.54, 1.807) is 56.4 Å². The molecular formula is C25H20N6O4. The monoisotopic (exact) mass is 468 g/mol. The molecule has 0 unspecified atom stereocenters. The summed E-state index contributed by atoms with van der Waals surface area (Å²) in [6.45, 7) is 1.76. The van der Waals surface area contributed by atoms with Gasteiger partial charge in [-0.3, -0.25) is 14.6 Å². The van der Waals surface area contributed by atoms with Crippen molar-refractivity contribution in [3.05, 3.63) is 94.4 Å². The number of anilines is 1. The van der Waals surface area contributed by atoms with Crippen molar-refractivity contribution in [1.29, 1.82) is 0 Å². The van der Waals surface area contributed by atoms with E-state index in [0.717, 1.165) is 5.56 Å². The lowest BCUT2D eigenvalue weighted by molar-refractivity contribution is 0.0995. The van der Waals surface area contributed by atoms with E-state index >= 15 is 0 Å². The first kappa shape index (κ1) is 21.8. The molecule has 0 saturated heterocycles. The molecule has 10 heteroatoms. The summed E-state index contributed by atoms with van der Waals surface area (Å²) in [6, 6.07) is 17.0. The van der Waals surface area contributed by atoms with Crippen LogP contribution < -0.4 is 16.7 Å². The summed E-state index contributed by atoms with van der Waals surface area (Å²) in [4.78, 5) is 40.9.